The number of carboxylic acids is 1. The van der Waals surface area contributed by atoms with Gasteiger partial charge in [-0.2, -0.15) is 0 Å². The number of carboxylic acid groups (broad SMARTS) is 1. The summed E-state index contributed by atoms with van der Waals surface area (Å²) >= 11 is 4.94. The number of nitrogens with zero attached hydrogens (tertiary/aromatic N) is 1. The fourth-order valence-corrected chi connectivity index (χ4v) is 3.23. The highest BCUT2D eigenvalue weighted by atomic mass is 79.9. The third-order valence-electron chi connectivity index (χ3n) is 2.99. The van der Waals surface area contributed by atoms with Crippen LogP contribution in [-0.2, 0) is 20.9 Å². The molecule has 2 heterocycles. The normalized spacial score (nSPS) is 22.4. The Kier molecular flexibility index (Phi) is 4.59. The molecular formula is C12H14BrNO4S. The van der Waals surface area contributed by atoms with E-state index in [2.05, 4.69) is 15.9 Å². The first kappa shape index (κ1) is 14.5. The molecule has 19 heavy (non-hydrogen) atoms. The van der Waals surface area contributed by atoms with Crippen LogP contribution < -0.4 is 0 Å². The largest absolute Gasteiger partial charge is 0.479 e. The fraction of sp³-hybridized carbons (Fsp3) is 0.500. The predicted molar refractivity (Wildman–Crippen MR) is 74.0 cm³/mol. The Balaban J connectivity index is 1.91. The first-order chi connectivity index (χ1) is 8.97. The molecule has 5 nitrogen and oxygen atoms in total. The lowest BCUT2D eigenvalue weighted by atomic mass is 10.2. The van der Waals surface area contributed by atoms with E-state index in [0.29, 0.717) is 19.4 Å². The summed E-state index contributed by atoms with van der Waals surface area (Å²) in [6, 6.07) is 1.96. The molecule has 1 amide bonds. The molecule has 0 aromatic carbocycles. The van der Waals surface area contributed by atoms with Crippen molar-refractivity contribution < 1.29 is 19.4 Å². The highest BCUT2D eigenvalue weighted by Crippen LogP contribution is 2.24. The number of thiophene rings is 1. The van der Waals surface area contributed by atoms with Crippen LogP contribution in [0, 0.1) is 0 Å². The molecule has 1 aliphatic heterocycles. The van der Waals surface area contributed by atoms with E-state index in [9.17, 15) is 9.59 Å². The summed E-state index contributed by atoms with van der Waals surface area (Å²) in [5.74, 6) is -1.16. The number of hydrogen-bond acceptors (Lipinski definition) is 4. The molecule has 1 saturated heterocycles. The minimum atomic E-state index is -1.00. The molecule has 0 spiro atoms. The molecule has 1 fully saturated rings. The smallest absolute Gasteiger partial charge is 0.332 e. The second-order valence-corrected chi connectivity index (χ2v) is 6.77. The van der Waals surface area contributed by atoms with E-state index in [1.165, 1.54) is 0 Å². The summed E-state index contributed by atoms with van der Waals surface area (Å²) in [6.45, 7) is 0.499. The molecule has 0 aliphatic carbocycles. The van der Waals surface area contributed by atoms with Gasteiger partial charge in [0.15, 0.2) is 6.10 Å². The minimum Gasteiger partial charge on any atom is -0.479 e. The molecule has 0 radical (unpaired) electrons. The molecule has 1 aliphatic rings. The molecule has 0 bridgehead atoms. The second kappa shape index (κ2) is 6.02. The maximum atomic E-state index is 12.1. The van der Waals surface area contributed by atoms with Crippen molar-refractivity contribution in [2.24, 2.45) is 0 Å². The summed E-state index contributed by atoms with van der Waals surface area (Å²) < 4.78 is 6.27. The van der Waals surface area contributed by atoms with Gasteiger partial charge in [0.25, 0.3) is 5.91 Å². The van der Waals surface area contributed by atoms with Gasteiger partial charge >= 0.3 is 5.97 Å². The van der Waals surface area contributed by atoms with Crippen molar-refractivity contribution in [1.82, 2.24) is 4.90 Å². The number of amides is 1. The summed E-state index contributed by atoms with van der Waals surface area (Å²) in [4.78, 5) is 24.5. The Bertz CT molecular complexity index is 490. The molecule has 0 saturated carbocycles. The van der Waals surface area contributed by atoms with Crippen LogP contribution in [0.4, 0.5) is 0 Å². The Hall–Kier alpha value is -0.920. The molecule has 7 heteroatoms. The Morgan fingerprint density at radius 3 is 2.74 bits per heavy atom. The lowest BCUT2D eigenvalue weighted by Gasteiger charge is -2.20. The number of halogens is 1. The van der Waals surface area contributed by atoms with E-state index >= 15 is 0 Å². The molecule has 1 N–H and O–H groups in total. The predicted octanol–water partition coefficient (Wildman–Crippen LogP) is 2.10. The van der Waals surface area contributed by atoms with E-state index in [0.717, 1.165) is 9.35 Å². The summed E-state index contributed by atoms with van der Waals surface area (Å²) in [5.41, 5.74) is 1.04. The average molecular weight is 348 g/mol. The first-order valence-electron chi connectivity index (χ1n) is 5.83. The number of ether oxygens (including phenoxy) is 1. The van der Waals surface area contributed by atoms with Gasteiger partial charge in [-0.1, -0.05) is 0 Å². The van der Waals surface area contributed by atoms with E-state index in [-0.39, 0.29) is 5.91 Å². The van der Waals surface area contributed by atoms with Crippen molar-refractivity contribution >= 4 is 39.1 Å². The van der Waals surface area contributed by atoms with Gasteiger partial charge in [-0.3, -0.25) is 4.79 Å². The molecule has 104 valence electrons. The van der Waals surface area contributed by atoms with Crippen LogP contribution in [0.5, 0.6) is 0 Å². The van der Waals surface area contributed by atoms with Gasteiger partial charge in [-0.05, 0) is 45.8 Å². The lowest BCUT2D eigenvalue weighted by molar-refractivity contribution is -0.154. The first-order valence-corrected chi connectivity index (χ1v) is 7.51. The lowest BCUT2D eigenvalue weighted by Crippen LogP contribution is -2.36. The van der Waals surface area contributed by atoms with Crippen LogP contribution in [0.3, 0.4) is 0 Å². The zero-order chi connectivity index (χ0) is 14.0. The van der Waals surface area contributed by atoms with E-state index < -0.39 is 18.2 Å². The van der Waals surface area contributed by atoms with Crippen LogP contribution in [0.2, 0.25) is 0 Å². The molecule has 2 rings (SSSR count). The number of likely N-dealkylation sites (N-methyl/N-ethyl adjacent to an activating group) is 1. The highest BCUT2D eigenvalue weighted by Gasteiger charge is 2.35. The molecule has 2 atom stereocenters. The van der Waals surface area contributed by atoms with Crippen LogP contribution in [-0.4, -0.2) is 41.1 Å². The quantitative estimate of drug-likeness (QED) is 0.905. The van der Waals surface area contributed by atoms with Gasteiger partial charge in [0.05, 0.1) is 3.79 Å². The molecule has 0 unspecified atom stereocenters. The highest BCUT2D eigenvalue weighted by molar-refractivity contribution is 9.11. The number of hydrogen-bond donors (Lipinski definition) is 1. The monoisotopic (exact) mass is 347 g/mol. The van der Waals surface area contributed by atoms with Crippen LogP contribution in [0.1, 0.15) is 18.4 Å². The van der Waals surface area contributed by atoms with Gasteiger partial charge in [0.2, 0.25) is 0 Å². The standard InChI is InChI=1S/C12H14BrNO4S/c1-14(5-7-4-10(13)19-6-7)11(15)8-2-3-9(18-8)12(16)17/h4,6,8-9H,2-3,5H2,1H3,(H,16,17)/t8-,9+/m0/s1. The van der Waals surface area contributed by atoms with Crippen molar-refractivity contribution in [3.05, 3.63) is 20.8 Å². The van der Waals surface area contributed by atoms with Crippen molar-refractivity contribution in [3.8, 4) is 0 Å². The van der Waals surface area contributed by atoms with E-state index in [1.54, 1.807) is 23.3 Å². The summed E-state index contributed by atoms with van der Waals surface area (Å²) in [5, 5.41) is 10.8. The van der Waals surface area contributed by atoms with Crippen LogP contribution >= 0.6 is 27.3 Å². The number of carbonyl (C=O) groups excluding carboxylic acids is 1. The Labute approximate surface area is 123 Å². The number of aliphatic carboxylic acids is 1. The fourth-order valence-electron chi connectivity index (χ4n) is 2.03. The maximum Gasteiger partial charge on any atom is 0.332 e. The van der Waals surface area contributed by atoms with Crippen molar-refractivity contribution in [1.29, 1.82) is 0 Å². The SMILES string of the molecule is CN(Cc1csc(Br)c1)C(=O)[C@@H]1CC[C@H](C(=O)O)O1. The van der Waals surface area contributed by atoms with Gasteiger partial charge in [-0.25, -0.2) is 4.79 Å². The number of rotatable bonds is 4. The van der Waals surface area contributed by atoms with Gasteiger partial charge in [0, 0.05) is 13.6 Å². The zero-order valence-corrected chi connectivity index (χ0v) is 12.7. The Morgan fingerprint density at radius 2 is 2.21 bits per heavy atom. The zero-order valence-electron chi connectivity index (χ0n) is 10.3. The molecular weight excluding hydrogens is 334 g/mol. The maximum absolute atomic E-state index is 12.1. The summed E-state index contributed by atoms with van der Waals surface area (Å²) in [7, 11) is 1.70. The van der Waals surface area contributed by atoms with E-state index in [4.69, 9.17) is 9.84 Å². The topological polar surface area (TPSA) is 66.8 Å². The third-order valence-corrected chi connectivity index (χ3v) is 4.54. The van der Waals surface area contributed by atoms with Crippen molar-refractivity contribution in [2.45, 2.75) is 31.6 Å². The van der Waals surface area contributed by atoms with E-state index in [1.807, 2.05) is 11.4 Å². The van der Waals surface area contributed by atoms with Crippen LogP contribution in [0.25, 0.3) is 0 Å². The Morgan fingerprint density at radius 1 is 1.53 bits per heavy atom. The second-order valence-electron chi connectivity index (χ2n) is 4.48. The van der Waals surface area contributed by atoms with Crippen LogP contribution in [0.15, 0.2) is 15.2 Å². The molecule has 1 aromatic heterocycles. The van der Waals surface area contributed by atoms with Crippen molar-refractivity contribution in [2.75, 3.05) is 7.05 Å². The number of carbonyl (C=O) groups is 2. The average Bonchev–Trinajstić information content (AvgIpc) is 2.97. The van der Waals surface area contributed by atoms with Gasteiger partial charge in [-0.15, -0.1) is 11.3 Å². The summed E-state index contributed by atoms with van der Waals surface area (Å²) in [6.07, 6.45) is -0.623. The minimum absolute atomic E-state index is 0.161. The van der Waals surface area contributed by atoms with Gasteiger partial charge < -0.3 is 14.7 Å². The van der Waals surface area contributed by atoms with Crippen molar-refractivity contribution in [3.63, 3.8) is 0 Å². The van der Waals surface area contributed by atoms with Gasteiger partial charge in [0.1, 0.15) is 6.10 Å². The molecule has 1 aromatic rings. The third kappa shape index (κ3) is 3.55.